The SMILES string of the molecule is CCC1[C]=CN=N1. The Hall–Kier alpha value is -0.660. The Morgan fingerprint density at radius 1 is 1.86 bits per heavy atom. The molecular formula is C5H7N2. The maximum atomic E-state index is 3.81. The van der Waals surface area contributed by atoms with Crippen LogP contribution in [0.1, 0.15) is 13.3 Å². The molecule has 2 nitrogen and oxygen atoms in total. The Morgan fingerprint density at radius 3 is 3.00 bits per heavy atom. The lowest BCUT2D eigenvalue weighted by molar-refractivity contribution is 0.754. The molecule has 1 heterocycles. The van der Waals surface area contributed by atoms with Crippen molar-refractivity contribution in [3.8, 4) is 0 Å². The van der Waals surface area contributed by atoms with Gasteiger partial charge in [-0.2, -0.15) is 10.2 Å². The summed E-state index contributed by atoms with van der Waals surface area (Å²) in [6, 6.07) is 0.250. The largest absolute Gasteiger partial charge is 0.181 e. The third-order valence-electron chi connectivity index (χ3n) is 0.917. The summed E-state index contributed by atoms with van der Waals surface area (Å²) in [5, 5.41) is 7.44. The van der Waals surface area contributed by atoms with E-state index in [2.05, 4.69) is 23.2 Å². The summed E-state index contributed by atoms with van der Waals surface area (Å²) in [7, 11) is 0. The second-order valence-electron chi connectivity index (χ2n) is 1.45. The van der Waals surface area contributed by atoms with Crippen molar-refractivity contribution in [2.45, 2.75) is 19.4 Å². The molecule has 1 unspecified atom stereocenters. The average Bonchev–Trinajstić information content (AvgIpc) is 2.14. The van der Waals surface area contributed by atoms with E-state index in [1.807, 2.05) is 0 Å². The lowest BCUT2D eigenvalue weighted by atomic mass is 10.2. The number of hydrogen-bond donors (Lipinski definition) is 0. The minimum absolute atomic E-state index is 0.250. The molecule has 0 N–H and O–H groups in total. The minimum Gasteiger partial charge on any atom is -0.181 e. The van der Waals surface area contributed by atoms with Gasteiger partial charge in [0, 0.05) is 6.08 Å². The molecule has 0 bridgehead atoms. The van der Waals surface area contributed by atoms with Gasteiger partial charge in [-0.3, -0.25) is 0 Å². The summed E-state index contributed by atoms with van der Waals surface area (Å²) < 4.78 is 0. The summed E-state index contributed by atoms with van der Waals surface area (Å²) in [4.78, 5) is 0. The highest BCUT2D eigenvalue weighted by Gasteiger charge is 2.00. The quantitative estimate of drug-likeness (QED) is 0.472. The summed E-state index contributed by atoms with van der Waals surface area (Å²) in [6.07, 6.45) is 5.58. The Balaban J connectivity index is 2.44. The molecule has 37 valence electrons. The molecule has 1 aliphatic heterocycles. The summed E-state index contributed by atoms with van der Waals surface area (Å²) in [5.74, 6) is 0. The van der Waals surface area contributed by atoms with Crippen LogP contribution < -0.4 is 0 Å². The van der Waals surface area contributed by atoms with Crippen LogP contribution in [0.3, 0.4) is 0 Å². The molecule has 0 aromatic rings. The van der Waals surface area contributed by atoms with Gasteiger partial charge in [-0.05, 0) is 6.42 Å². The predicted molar refractivity (Wildman–Crippen MR) is 26.7 cm³/mol. The van der Waals surface area contributed by atoms with Crippen molar-refractivity contribution < 1.29 is 0 Å². The van der Waals surface area contributed by atoms with Crippen molar-refractivity contribution in [1.82, 2.24) is 0 Å². The van der Waals surface area contributed by atoms with Crippen LogP contribution in [0.4, 0.5) is 0 Å². The van der Waals surface area contributed by atoms with E-state index >= 15 is 0 Å². The Bertz CT molecular complexity index is 92.6. The van der Waals surface area contributed by atoms with Crippen LogP contribution in [0.25, 0.3) is 0 Å². The molecule has 7 heavy (non-hydrogen) atoms. The minimum atomic E-state index is 0.250. The van der Waals surface area contributed by atoms with Gasteiger partial charge in [0.2, 0.25) is 0 Å². The standard InChI is InChI=1S/C5H7N2/c1-2-5-3-4-6-7-5/h4-5H,2H2,1H3. The fourth-order valence-corrected chi connectivity index (χ4v) is 0.466. The molecular weight excluding hydrogens is 88.1 g/mol. The molecule has 0 fully saturated rings. The van der Waals surface area contributed by atoms with E-state index in [0.717, 1.165) is 6.42 Å². The average molecular weight is 95.1 g/mol. The van der Waals surface area contributed by atoms with Gasteiger partial charge in [0.25, 0.3) is 0 Å². The predicted octanol–water partition coefficient (Wildman–Crippen LogP) is 1.55. The van der Waals surface area contributed by atoms with Crippen LogP contribution in [0, 0.1) is 6.08 Å². The molecule has 2 heteroatoms. The zero-order valence-electron chi connectivity index (χ0n) is 4.26. The molecule has 0 amide bonds. The third-order valence-corrected chi connectivity index (χ3v) is 0.917. The number of azo groups is 1. The van der Waals surface area contributed by atoms with Crippen molar-refractivity contribution in [2.75, 3.05) is 0 Å². The maximum Gasteiger partial charge on any atom is 0.0978 e. The normalized spacial score (nSPS) is 26.7. The monoisotopic (exact) mass is 95.1 g/mol. The lowest BCUT2D eigenvalue weighted by Gasteiger charge is -1.89. The van der Waals surface area contributed by atoms with Gasteiger partial charge >= 0.3 is 0 Å². The van der Waals surface area contributed by atoms with Crippen LogP contribution in [0.5, 0.6) is 0 Å². The zero-order valence-corrected chi connectivity index (χ0v) is 4.26. The van der Waals surface area contributed by atoms with Gasteiger partial charge in [0.05, 0.1) is 12.2 Å². The van der Waals surface area contributed by atoms with Crippen molar-refractivity contribution in [2.24, 2.45) is 10.2 Å². The van der Waals surface area contributed by atoms with Crippen LogP contribution in [0.15, 0.2) is 16.4 Å². The molecule has 0 aliphatic carbocycles. The topological polar surface area (TPSA) is 24.7 Å². The first-order valence-electron chi connectivity index (χ1n) is 2.41. The Kier molecular flexibility index (Phi) is 1.20. The Morgan fingerprint density at radius 2 is 2.71 bits per heavy atom. The number of rotatable bonds is 1. The molecule has 0 saturated carbocycles. The van der Waals surface area contributed by atoms with E-state index in [4.69, 9.17) is 0 Å². The van der Waals surface area contributed by atoms with E-state index in [-0.39, 0.29) is 6.04 Å². The first-order chi connectivity index (χ1) is 3.43. The molecule has 1 atom stereocenters. The highest BCUT2D eigenvalue weighted by atomic mass is 15.1. The maximum absolute atomic E-state index is 3.81. The van der Waals surface area contributed by atoms with Gasteiger partial charge in [0.15, 0.2) is 0 Å². The second kappa shape index (κ2) is 1.87. The van der Waals surface area contributed by atoms with Crippen LogP contribution >= 0.6 is 0 Å². The smallest absolute Gasteiger partial charge is 0.0978 e. The molecule has 1 radical (unpaired) electrons. The highest BCUT2D eigenvalue weighted by molar-refractivity contribution is 4.86. The molecule has 0 saturated heterocycles. The first-order valence-corrected chi connectivity index (χ1v) is 2.41. The summed E-state index contributed by atoms with van der Waals surface area (Å²) >= 11 is 0. The van der Waals surface area contributed by atoms with Gasteiger partial charge < -0.3 is 0 Å². The van der Waals surface area contributed by atoms with Gasteiger partial charge in [-0.1, -0.05) is 6.92 Å². The fraction of sp³-hybridized carbons (Fsp3) is 0.600. The first kappa shape index (κ1) is 4.50. The van der Waals surface area contributed by atoms with Crippen molar-refractivity contribution >= 4 is 0 Å². The number of nitrogens with zero attached hydrogens (tertiary/aromatic N) is 2. The van der Waals surface area contributed by atoms with Crippen molar-refractivity contribution in [3.05, 3.63) is 12.3 Å². The van der Waals surface area contributed by atoms with E-state index in [9.17, 15) is 0 Å². The molecule has 0 aromatic carbocycles. The van der Waals surface area contributed by atoms with Crippen LogP contribution in [0.2, 0.25) is 0 Å². The van der Waals surface area contributed by atoms with Crippen LogP contribution in [-0.4, -0.2) is 6.04 Å². The van der Waals surface area contributed by atoms with Gasteiger partial charge in [0.1, 0.15) is 0 Å². The fourth-order valence-electron chi connectivity index (χ4n) is 0.466. The van der Waals surface area contributed by atoms with Crippen molar-refractivity contribution in [3.63, 3.8) is 0 Å². The van der Waals surface area contributed by atoms with E-state index < -0.39 is 0 Å². The molecule has 0 aromatic heterocycles. The molecule has 0 spiro atoms. The summed E-state index contributed by atoms with van der Waals surface area (Å²) in [5.41, 5.74) is 0. The Labute approximate surface area is 43.0 Å². The van der Waals surface area contributed by atoms with Crippen molar-refractivity contribution in [1.29, 1.82) is 0 Å². The molecule has 1 rings (SSSR count). The van der Waals surface area contributed by atoms with Gasteiger partial charge in [-0.15, -0.1) is 0 Å². The van der Waals surface area contributed by atoms with Crippen LogP contribution in [-0.2, 0) is 0 Å². The second-order valence-corrected chi connectivity index (χ2v) is 1.45. The van der Waals surface area contributed by atoms with E-state index in [1.54, 1.807) is 6.20 Å². The van der Waals surface area contributed by atoms with E-state index in [1.165, 1.54) is 0 Å². The zero-order chi connectivity index (χ0) is 5.11. The van der Waals surface area contributed by atoms with Gasteiger partial charge in [-0.25, -0.2) is 0 Å². The third kappa shape index (κ3) is 0.856. The number of hydrogen-bond acceptors (Lipinski definition) is 2. The summed E-state index contributed by atoms with van der Waals surface area (Å²) in [6.45, 7) is 2.07. The molecule has 1 aliphatic rings. The van der Waals surface area contributed by atoms with E-state index in [0.29, 0.717) is 0 Å². The lowest BCUT2D eigenvalue weighted by Crippen LogP contribution is -1.91. The highest BCUT2D eigenvalue weighted by Crippen LogP contribution is 2.04.